The van der Waals surface area contributed by atoms with Crippen LogP contribution in [-0.2, 0) is 0 Å². The lowest BCUT2D eigenvalue weighted by Crippen LogP contribution is -2.19. The number of amides is 3. The second-order valence-corrected chi connectivity index (χ2v) is 8.09. The van der Waals surface area contributed by atoms with Gasteiger partial charge in [0.25, 0.3) is 5.91 Å². The fourth-order valence-corrected chi connectivity index (χ4v) is 3.23. The number of rotatable bonds is 5. The van der Waals surface area contributed by atoms with Crippen molar-refractivity contribution in [2.45, 2.75) is 0 Å². The molecule has 0 bridgehead atoms. The third kappa shape index (κ3) is 5.54. The Hall–Kier alpha value is -3.62. The van der Waals surface area contributed by atoms with Gasteiger partial charge < -0.3 is 16.0 Å². The van der Waals surface area contributed by atoms with Crippen LogP contribution in [0.3, 0.4) is 0 Å². The van der Waals surface area contributed by atoms with Gasteiger partial charge in [-0.2, -0.15) is 5.10 Å². The summed E-state index contributed by atoms with van der Waals surface area (Å²) in [5.41, 5.74) is 2.92. The number of aromatic nitrogens is 2. The molecular weight excluding hydrogens is 494 g/mol. The van der Waals surface area contributed by atoms with Crippen molar-refractivity contribution in [3.8, 4) is 5.69 Å². The first-order valence-electron chi connectivity index (χ1n) is 9.53. The molecule has 3 aromatic carbocycles. The van der Waals surface area contributed by atoms with E-state index in [1.54, 1.807) is 65.5 Å². The number of benzene rings is 3. The predicted octanol–water partition coefficient (Wildman–Crippen LogP) is 6.18. The van der Waals surface area contributed by atoms with Crippen molar-refractivity contribution in [2.24, 2.45) is 0 Å². The number of nitrogens with zero attached hydrogens (tertiary/aromatic N) is 2. The molecule has 32 heavy (non-hydrogen) atoms. The van der Waals surface area contributed by atoms with Crippen LogP contribution in [0.5, 0.6) is 0 Å². The summed E-state index contributed by atoms with van der Waals surface area (Å²) in [5.74, 6) is -0.331. The maximum Gasteiger partial charge on any atom is 0.323 e. The van der Waals surface area contributed by atoms with Crippen molar-refractivity contribution in [3.63, 3.8) is 0 Å². The summed E-state index contributed by atoms with van der Waals surface area (Å²) in [4.78, 5) is 24.6. The molecule has 0 aliphatic rings. The standard InChI is InChI=1S/C23H17BrClN5O2/c24-15-1-11-20(12-2-15)30-14-13-21(29-30)22(31)26-17-7-9-19(10-8-17)28-23(32)27-18-5-3-16(25)4-6-18/h1-14H,(H,26,31)(H2,27,28,32). The maximum absolute atomic E-state index is 12.5. The average Bonchev–Trinajstić information content (AvgIpc) is 3.28. The van der Waals surface area contributed by atoms with Gasteiger partial charge in [0.05, 0.1) is 5.69 Å². The molecule has 0 unspecified atom stereocenters. The van der Waals surface area contributed by atoms with Gasteiger partial charge in [-0.1, -0.05) is 27.5 Å². The summed E-state index contributed by atoms with van der Waals surface area (Å²) in [5, 5.41) is 13.2. The Kier molecular flexibility index (Phi) is 6.53. The number of carbonyl (C=O) groups is 2. The van der Waals surface area contributed by atoms with Gasteiger partial charge in [0.1, 0.15) is 0 Å². The number of hydrogen-bond acceptors (Lipinski definition) is 3. The third-order valence-corrected chi connectivity index (χ3v) is 5.20. The molecule has 9 heteroatoms. The first kappa shape index (κ1) is 21.6. The first-order chi connectivity index (χ1) is 15.5. The fourth-order valence-electron chi connectivity index (χ4n) is 2.84. The lowest BCUT2D eigenvalue weighted by atomic mass is 10.2. The van der Waals surface area contributed by atoms with E-state index in [4.69, 9.17) is 11.6 Å². The van der Waals surface area contributed by atoms with E-state index in [-0.39, 0.29) is 17.6 Å². The van der Waals surface area contributed by atoms with Crippen molar-refractivity contribution in [1.82, 2.24) is 9.78 Å². The molecule has 3 N–H and O–H groups in total. The highest BCUT2D eigenvalue weighted by Crippen LogP contribution is 2.17. The first-order valence-corrected chi connectivity index (χ1v) is 10.7. The molecule has 0 saturated heterocycles. The Labute approximate surface area is 197 Å². The summed E-state index contributed by atoms with van der Waals surface area (Å²) < 4.78 is 2.60. The highest BCUT2D eigenvalue weighted by atomic mass is 79.9. The molecule has 3 amide bonds. The molecule has 0 fully saturated rings. The van der Waals surface area contributed by atoms with E-state index in [2.05, 4.69) is 37.0 Å². The molecule has 160 valence electrons. The van der Waals surface area contributed by atoms with Crippen molar-refractivity contribution < 1.29 is 9.59 Å². The lowest BCUT2D eigenvalue weighted by Gasteiger charge is -2.09. The quantitative estimate of drug-likeness (QED) is 0.299. The van der Waals surface area contributed by atoms with Crippen LogP contribution < -0.4 is 16.0 Å². The minimum atomic E-state index is -0.386. The van der Waals surface area contributed by atoms with Crippen molar-refractivity contribution in [1.29, 1.82) is 0 Å². The minimum absolute atomic E-state index is 0.289. The van der Waals surface area contributed by atoms with Crippen molar-refractivity contribution >= 4 is 56.5 Å². The van der Waals surface area contributed by atoms with Gasteiger partial charge in [-0.25, -0.2) is 9.48 Å². The minimum Gasteiger partial charge on any atom is -0.321 e. The van der Waals surface area contributed by atoms with Gasteiger partial charge in [-0.3, -0.25) is 4.79 Å². The number of nitrogens with one attached hydrogen (secondary N) is 3. The number of halogens is 2. The van der Waals surface area contributed by atoms with Crippen molar-refractivity contribution in [3.05, 3.63) is 100 Å². The van der Waals surface area contributed by atoms with Crippen LogP contribution in [0.2, 0.25) is 5.02 Å². The maximum atomic E-state index is 12.5. The van der Waals surface area contributed by atoms with Gasteiger partial charge in [0.2, 0.25) is 0 Å². The van der Waals surface area contributed by atoms with E-state index in [9.17, 15) is 9.59 Å². The fraction of sp³-hybridized carbons (Fsp3) is 0. The molecule has 4 aromatic rings. The second-order valence-electron chi connectivity index (χ2n) is 6.74. The molecule has 1 aromatic heterocycles. The summed E-state index contributed by atoms with van der Waals surface area (Å²) in [6, 6.07) is 22.4. The average molecular weight is 511 g/mol. The van der Waals surface area contributed by atoms with Crippen molar-refractivity contribution in [2.75, 3.05) is 16.0 Å². The number of anilines is 3. The molecule has 0 atom stereocenters. The molecule has 0 radical (unpaired) electrons. The third-order valence-electron chi connectivity index (χ3n) is 4.42. The second kappa shape index (κ2) is 9.67. The van der Waals surface area contributed by atoms with Crippen LogP contribution in [0.25, 0.3) is 5.69 Å². The predicted molar refractivity (Wildman–Crippen MR) is 130 cm³/mol. The summed E-state index contributed by atoms with van der Waals surface area (Å²) in [6.07, 6.45) is 1.73. The van der Waals surface area contributed by atoms with Crippen LogP contribution in [-0.4, -0.2) is 21.7 Å². The number of hydrogen-bond donors (Lipinski definition) is 3. The van der Waals surface area contributed by atoms with Gasteiger partial charge in [-0.05, 0) is 78.9 Å². The SMILES string of the molecule is O=C(Nc1ccc(Cl)cc1)Nc1ccc(NC(=O)c2ccn(-c3ccc(Br)cc3)n2)cc1. The Morgan fingerprint density at radius 2 is 1.28 bits per heavy atom. The molecule has 0 spiro atoms. The van der Waals surface area contributed by atoms with E-state index < -0.39 is 0 Å². The van der Waals surface area contributed by atoms with Gasteiger partial charge >= 0.3 is 6.03 Å². The van der Waals surface area contributed by atoms with E-state index in [1.165, 1.54) is 0 Å². The van der Waals surface area contributed by atoms with Crippen LogP contribution in [0, 0.1) is 0 Å². The normalized spacial score (nSPS) is 10.4. The molecule has 7 nitrogen and oxygen atoms in total. The number of carbonyl (C=O) groups excluding carboxylic acids is 2. The molecule has 0 aliphatic heterocycles. The lowest BCUT2D eigenvalue weighted by molar-refractivity contribution is 0.102. The Bertz CT molecular complexity index is 1240. The summed E-state index contributed by atoms with van der Waals surface area (Å²) in [7, 11) is 0. The topological polar surface area (TPSA) is 88.0 Å². The van der Waals surface area contributed by atoms with Gasteiger partial charge in [0.15, 0.2) is 5.69 Å². The largest absolute Gasteiger partial charge is 0.323 e. The molecule has 4 rings (SSSR count). The molecule has 0 saturated carbocycles. The van der Waals surface area contributed by atoms with Crippen LogP contribution in [0.4, 0.5) is 21.9 Å². The van der Waals surface area contributed by atoms with E-state index in [0.717, 1.165) is 10.2 Å². The Balaban J connectivity index is 1.34. The van der Waals surface area contributed by atoms with Crippen LogP contribution >= 0.6 is 27.5 Å². The van der Waals surface area contributed by atoms with Crippen LogP contribution in [0.15, 0.2) is 89.5 Å². The van der Waals surface area contributed by atoms with Crippen LogP contribution in [0.1, 0.15) is 10.5 Å². The van der Waals surface area contributed by atoms with E-state index in [0.29, 0.717) is 22.1 Å². The molecule has 1 heterocycles. The smallest absolute Gasteiger partial charge is 0.321 e. The highest BCUT2D eigenvalue weighted by Gasteiger charge is 2.11. The zero-order valence-electron chi connectivity index (χ0n) is 16.5. The Morgan fingerprint density at radius 3 is 1.88 bits per heavy atom. The highest BCUT2D eigenvalue weighted by molar-refractivity contribution is 9.10. The monoisotopic (exact) mass is 509 g/mol. The van der Waals surface area contributed by atoms with Gasteiger partial charge in [-0.15, -0.1) is 0 Å². The zero-order chi connectivity index (χ0) is 22.5. The zero-order valence-corrected chi connectivity index (χ0v) is 18.9. The summed E-state index contributed by atoms with van der Waals surface area (Å²) >= 11 is 9.23. The number of urea groups is 1. The van der Waals surface area contributed by atoms with E-state index >= 15 is 0 Å². The molecule has 0 aliphatic carbocycles. The van der Waals surface area contributed by atoms with E-state index in [1.807, 2.05) is 24.3 Å². The van der Waals surface area contributed by atoms with Gasteiger partial charge in [0, 0.05) is 32.8 Å². The molecular formula is C23H17BrClN5O2. The Morgan fingerprint density at radius 1 is 0.750 bits per heavy atom. The summed E-state index contributed by atoms with van der Waals surface area (Å²) in [6.45, 7) is 0.